The van der Waals surface area contributed by atoms with Crippen molar-refractivity contribution in [3.05, 3.63) is 23.5 Å². The van der Waals surface area contributed by atoms with Crippen LogP contribution in [0.5, 0.6) is 5.75 Å². The molecule has 0 fully saturated rings. The Hall–Kier alpha value is -1.13. The molecule has 0 aliphatic heterocycles. The molecular formula is C7H10N2O2. The SMILES string of the molecule is NCc1c(O)cncc1CO. The summed E-state index contributed by atoms with van der Waals surface area (Å²) in [4.78, 5) is 3.70. The number of nitrogens with two attached hydrogens (primary N) is 1. The summed E-state index contributed by atoms with van der Waals surface area (Å²) in [5.74, 6) is 0.0408. The average Bonchev–Trinajstić information content (AvgIpc) is 2.04. The molecule has 0 aliphatic rings. The lowest BCUT2D eigenvalue weighted by atomic mass is 10.1. The second-order valence-corrected chi connectivity index (χ2v) is 2.16. The van der Waals surface area contributed by atoms with E-state index >= 15 is 0 Å². The second-order valence-electron chi connectivity index (χ2n) is 2.16. The number of pyridine rings is 1. The Kier molecular flexibility index (Phi) is 2.40. The highest BCUT2D eigenvalue weighted by Gasteiger charge is 2.04. The summed E-state index contributed by atoms with van der Waals surface area (Å²) in [6.45, 7) is 0.0676. The first kappa shape index (κ1) is 7.97. The van der Waals surface area contributed by atoms with Crippen molar-refractivity contribution in [2.75, 3.05) is 0 Å². The first-order valence-electron chi connectivity index (χ1n) is 3.25. The molecule has 0 saturated heterocycles. The zero-order chi connectivity index (χ0) is 8.27. The van der Waals surface area contributed by atoms with E-state index in [1.54, 1.807) is 0 Å². The largest absolute Gasteiger partial charge is 0.506 e. The van der Waals surface area contributed by atoms with Crippen LogP contribution in [-0.4, -0.2) is 15.2 Å². The van der Waals surface area contributed by atoms with Crippen LogP contribution >= 0.6 is 0 Å². The summed E-state index contributed by atoms with van der Waals surface area (Å²) in [5, 5.41) is 17.9. The Bertz CT molecular complexity index is 250. The quantitative estimate of drug-likeness (QED) is 0.548. The van der Waals surface area contributed by atoms with Gasteiger partial charge in [-0.3, -0.25) is 4.98 Å². The lowest BCUT2D eigenvalue weighted by molar-refractivity contribution is 0.279. The molecule has 0 unspecified atom stereocenters. The number of hydrogen-bond donors (Lipinski definition) is 3. The Morgan fingerprint density at radius 2 is 2.18 bits per heavy atom. The van der Waals surface area contributed by atoms with E-state index in [4.69, 9.17) is 15.9 Å². The maximum absolute atomic E-state index is 9.17. The van der Waals surface area contributed by atoms with Crippen LogP contribution in [0.3, 0.4) is 0 Å². The van der Waals surface area contributed by atoms with Crippen LogP contribution in [0.25, 0.3) is 0 Å². The van der Waals surface area contributed by atoms with Crippen LogP contribution in [0.1, 0.15) is 11.1 Å². The van der Waals surface area contributed by atoms with Gasteiger partial charge in [-0.15, -0.1) is 0 Å². The molecule has 60 valence electrons. The van der Waals surface area contributed by atoms with Gasteiger partial charge in [0.1, 0.15) is 5.75 Å². The van der Waals surface area contributed by atoms with Crippen LogP contribution in [-0.2, 0) is 13.2 Å². The molecule has 0 aliphatic carbocycles. The van der Waals surface area contributed by atoms with Gasteiger partial charge in [-0.25, -0.2) is 0 Å². The van der Waals surface area contributed by atoms with Crippen molar-refractivity contribution < 1.29 is 10.2 Å². The third-order valence-corrected chi connectivity index (χ3v) is 1.50. The van der Waals surface area contributed by atoms with Gasteiger partial charge in [0.15, 0.2) is 0 Å². The van der Waals surface area contributed by atoms with E-state index < -0.39 is 0 Å². The van der Waals surface area contributed by atoms with Gasteiger partial charge in [0.2, 0.25) is 0 Å². The molecule has 0 atom stereocenters. The van der Waals surface area contributed by atoms with E-state index in [9.17, 15) is 0 Å². The molecule has 1 aromatic rings. The Labute approximate surface area is 64.3 Å². The molecule has 0 aromatic carbocycles. The highest BCUT2D eigenvalue weighted by Crippen LogP contribution is 2.18. The summed E-state index contributed by atoms with van der Waals surface area (Å²) < 4.78 is 0. The van der Waals surface area contributed by atoms with Crippen molar-refractivity contribution in [2.45, 2.75) is 13.2 Å². The van der Waals surface area contributed by atoms with E-state index in [2.05, 4.69) is 4.98 Å². The second kappa shape index (κ2) is 3.32. The number of aliphatic hydroxyl groups is 1. The van der Waals surface area contributed by atoms with Gasteiger partial charge in [-0.1, -0.05) is 0 Å². The number of nitrogens with zero attached hydrogens (tertiary/aromatic N) is 1. The molecule has 1 aromatic heterocycles. The normalized spacial score (nSPS) is 10.0. The zero-order valence-electron chi connectivity index (χ0n) is 5.99. The standard InChI is InChI=1S/C7H10N2O2/c8-1-6-5(4-10)2-9-3-7(6)11/h2-3,10-11H,1,4,8H2. The molecule has 0 bridgehead atoms. The van der Waals surface area contributed by atoms with Crippen molar-refractivity contribution in [1.82, 2.24) is 4.98 Å². The predicted octanol–water partition coefficient (Wildman–Crippen LogP) is -0.262. The summed E-state index contributed by atoms with van der Waals surface area (Å²) in [5.41, 5.74) is 6.46. The topological polar surface area (TPSA) is 79.4 Å². The van der Waals surface area contributed by atoms with E-state index in [1.807, 2.05) is 0 Å². The lowest BCUT2D eigenvalue weighted by Gasteiger charge is -2.04. The third-order valence-electron chi connectivity index (χ3n) is 1.50. The lowest BCUT2D eigenvalue weighted by Crippen LogP contribution is -2.02. The highest BCUT2D eigenvalue weighted by atomic mass is 16.3. The molecule has 0 spiro atoms. The predicted molar refractivity (Wildman–Crippen MR) is 39.7 cm³/mol. The molecule has 1 heterocycles. The van der Waals surface area contributed by atoms with Gasteiger partial charge in [0.25, 0.3) is 0 Å². The average molecular weight is 154 g/mol. The van der Waals surface area contributed by atoms with Crippen LogP contribution in [0.4, 0.5) is 0 Å². The fourth-order valence-corrected chi connectivity index (χ4v) is 0.890. The van der Waals surface area contributed by atoms with Crippen molar-refractivity contribution >= 4 is 0 Å². The Morgan fingerprint density at radius 1 is 1.45 bits per heavy atom. The molecule has 4 nitrogen and oxygen atoms in total. The van der Waals surface area contributed by atoms with Crippen LogP contribution < -0.4 is 5.73 Å². The Balaban J connectivity index is 3.13. The number of aromatic hydroxyl groups is 1. The highest BCUT2D eigenvalue weighted by molar-refractivity contribution is 5.35. The van der Waals surface area contributed by atoms with E-state index in [-0.39, 0.29) is 18.9 Å². The van der Waals surface area contributed by atoms with Crippen LogP contribution in [0.15, 0.2) is 12.4 Å². The third kappa shape index (κ3) is 1.47. The van der Waals surface area contributed by atoms with E-state index in [1.165, 1.54) is 12.4 Å². The van der Waals surface area contributed by atoms with Gasteiger partial charge >= 0.3 is 0 Å². The fraction of sp³-hybridized carbons (Fsp3) is 0.286. The maximum Gasteiger partial charge on any atom is 0.138 e. The summed E-state index contributed by atoms with van der Waals surface area (Å²) in [6.07, 6.45) is 2.79. The van der Waals surface area contributed by atoms with Gasteiger partial charge in [-0.2, -0.15) is 0 Å². The zero-order valence-corrected chi connectivity index (χ0v) is 5.99. The minimum absolute atomic E-state index is 0.0408. The van der Waals surface area contributed by atoms with E-state index in [0.717, 1.165) is 0 Å². The molecular weight excluding hydrogens is 144 g/mol. The molecule has 4 N–H and O–H groups in total. The summed E-state index contributed by atoms with van der Waals surface area (Å²) >= 11 is 0. The van der Waals surface area contributed by atoms with Crippen LogP contribution in [0.2, 0.25) is 0 Å². The smallest absolute Gasteiger partial charge is 0.138 e. The molecule has 1 rings (SSSR count). The van der Waals surface area contributed by atoms with Crippen molar-refractivity contribution in [3.63, 3.8) is 0 Å². The number of aliphatic hydroxyl groups excluding tert-OH is 1. The van der Waals surface area contributed by atoms with Crippen LogP contribution in [0, 0.1) is 0 Å². The first-order valence-corrected chi connectivity index (χ1v) is 3.25. The summed E-state index contributed by atoms with van der Waals surface area (Å²) in [6, 6.07) is 0. The van der Waals surface area contributed by atoms with Gasteiger partial charge < -0.3 is 15.9 Å². The monoisotopic (exact) mass is 154 g/mol. The molecule has 0 radical (unpaired) electrons. The fourth-order valence-electron chi connectivity index (χ4n) is 0.890. The van der Waals surface area contributed by atoms with Crippen molar-refractivity contribution in [1.29, 1.82) is 0 Å². The number of hydrogen-bond acceptors (Lipinski definition) is 4. The van der Waals surface area contributed by atoms with Gasteiger partial charge in [0, 0.05) is 23.9 Å². The first-order chi connectivity index (χ1) is 5.29. The molecule has 0 saturated carbocycles. The van der Waals surface area contributed by atoms with E-state index in [0.29, 0.717) is 11.1 Å². The number of aromatic nitrogens is 1. The van der Waals surface area contributed by atoms with Crippen molar-refractivity contribution in [3.8, 4) is 5.75 Å². The summed E-state index contributed by atoms with van der Waals surface area (Å²) in [7, 11) is 0. The minimum Gasteiger partial charge on any atom is -0.506 e. The van der Waals surface area contributed by atoms with Crippen molar-refractivity contribution in [2.24, 2.45) is 5.73 Å². The molecule has 11 heavy (non-hydrogen) atoms. The molecule has 4 heteroatoms. The maximum atomic E-state index is 9.17. The minimum atomic E-state index is -0.145. The van der Waals surface area contributed by atoms with Gasteiger partial charge in [0.05, 0.1) is 12.8 Å². The number of rotatable bonds is 2. The molecule has 0 amide bonds. The van der Waals surface area contributed by atoms with Gasteiger partial charge in [-0.05, 0) is 0 Å². The Morgan fingerprint density at radius 3 is 2.64 bits per heavy atom.